The number of nitrogen functional groups attached to an aromatic ring is 1. The molecule has 106 valence electrons. The van der Waals surface area contributed by atoms with E-state index in [1.807, 2.05) is 36.2 Å². The summed E-state index contributed by atoms with van der Waals surface area (Å²) in [6.07, 6.45) is 0.343. The zero-order valence-corrected chi connectivity index (χ0v) is 11.7. The fourth-order valence-corrected chi connectivity index (χ4v) is 1.93. The van der Waals surface area contributed by atoms with Crippen molar-refractivity contribution in [2.75, 3.05) is 26.4 Å². The van der Waals surface area contributed by atoms with E-state index in [0.717, 1.165) is 10.9 Å². The predicted molar refractivity (Wildman–Crippen MR) is 76.9 cm³/mol. The van der Waals surface area contributed by atoms with Gasteiger partial charge in [0.05, 0.1) is 25.6 Å². The van der Waals surface area contributed by atoms with E-state index in [1.54, 1.807) is 0 Å². The van der Waals surface area contributed by atoms with Gasteiger partial charge in [0, 0.05) is 11.9 Å². The maximum Gasteiger partial charge on any atom is 0.306 e. The number of fused-ring (bicyclic) bond motifs is 1. The molecule has 0 bridgehead atoms. The van der Waals surface area contributed by atoms with Crippen molar-refractivity contribution in [3.8, 4) is 0 Å². The van der Waals surface area contributed by atoms with Crippen LogP contribution in [-0.4, -0.2) is 41.5 Å². The zero-order valence-electron chi connectivity index (χ0n) is 11.7. The lowest BCUT2D eigenvalue weighted by Gasteiger charge is -2.15. The minimum absolute atomic E-state index is 0.226. The van der Waals surface area contributed by atoms with E-state index < -0.39 is 0 Å². The Labute approximate surface area is 117 Å². The molecule has 0 spiro atoms. The number of nitrogens with two attached hydrogens (primary N) is 1. The van der Waals surface area contributed by atoms with Crippen LogP contribution in [0.4, 0.5) is 5.82 Å². The van der Waals surface area contributed by atoms with E-state index in [0.29, 0.717) is 31.2 Å². The van der Waals surface area contributed by atoms with Gasteiger partial charge in [-0.25, -0.2) is 9.97 Å². The molecule has 0 aliphatic carbocycles. The minimum Gasteiger partial charge on any atom is -0.469 e. The first kappa shape index (κ1) is 14.2. The summed E-state index contributed by atoms with van der Waals surface area (Å²) in [5, 5.41) is 0.855. The van der Waals surface area contributed by atoms with Crippen molar-refractivity contribution in [3.63, 3.8) is 0 Å². The molecule has 0 saturated heterocycles. The van der Waals surface area contributed by atoms with Crippen molar-refractivity contribution in [1.82, 2.24) is 14.9 Å². The second kappa shape index (κ2) is 6.29. The Bertz CT molecular complexity index is 615. The number of carbonyl (C=O) groups excluding carboxylic acids is 1. The number of hydrogen-bond acceptors (Lipinski definition) is 6. The second-order valence-electron chi connectivity index (χ2n) is 4.61. The molecule has 0 atom stereocenters. The summed E-state index contributed by atoms with van der Waals surface area (Å²) in [4.78, 5) is 21.8. The highest BCUT2D eigenvalue weighted by molar-refractivity contribution is 5.87. The summed E-state index contributed by atoms with van der Waals surface area (Å²) in [5.41, 5.74) is 6.76. The van der Waals surface area contributed by atoms with Crippen LogP contribution in [0.3, 0.4) is 0 Å². The predicted octanol–water partition coefficient (Wildman–Crippen LogP) is 1.21. The number of anilines is 1. The summed E-state index contributed by atoms with van der Waals surface area (Å²) >= 11 is 0. The number of carbonyl (C=O) groups is 1. The fourth-order valence-electron chi connectivity index (χ4n) is 1.93. The quantitative estimate of drug-likeness (QED) is 0.825. The molecule has 2 aromatic rings. The second-order valence-corrected chi connectivity index (χ2v) is 4.61. The first-order valence-corrected chi connectivity index (χ1v) is 6.36. The smallest absolute Gasteiger partial charge is 0.306 e. The van der Waals surface area contributed by atoms with E-state index in [9.17, 15) is 4.79 Å². The van der Waals surface area contributed by atoms with Gasteiger partial charge < -0.3 is 10.5 Å². The lowest BCUT2D eigenvalue weighted by Crippen LogP contribution is -2.23. The van der Waals surface area contributed by atoms with E-state index >= 15 is 0 Å². The highest BCUT2D eigenvalue weighted by atomic mass is 16.5. The van der Waals surface area contributed by atoms with Crippen molar-refractivity contribution in [2.24, 2.45) is 0 Å². The summed E-state index contributed by atoms with van der Waals surface area (Å²) in [7, 11) is 3.28. The Morgan fingerprint density at radius 1 is 1.35 bits per heavy atom. The van der Waals surface area contributed by atoms with Crippen LogP contribution in [0.2, 0.25) is 0 Å². The van der Waals surface area contributed by atoms with Gasteiger partial charge in [0.15, 0.2) is 0 Å². The van der Waals surface area contributed by atoms with Gasteiger partial charge in [-0.05, 0) is 19.2 Å². The molecular formula is C14H18N4O2. The Morgan fingerprint density at radius 2 is 2.10 bits per heavy atom. The van der Waals surface area contributed by atoms with Crippen LogP contribution in [0.25, 0.3) is 10.9 Å². The summed E-state index contributed by atoms with van der Waals surface area (Å²) in [5.74, 6) is 0.899. The van der Waals surface area contributed by atoms with Gasteiger partial charge in [-0.3, -0.25) is 9.69 Å². The number of esters is 1. The molecule has 0 saturated carbocycles. The summed E-state index contributed by atoms with van der Waals surface area (Å²) < 4.78 is 4.61. The van der Waals surface area contributed by atoms with E-state index in [2.05, 4.69) is 14.7 Å². The van der Waals surface area contributed by atoms with Gasteiger partial charge in [-0.1, -0.05) is 12.1 Å². The number of aromatic nitrogens is 2. The lowest BCUT2D eigenvalue weighted by molar-refractivity contribution is -0.140. The molecule has 20 heavy (non-hydrogen) atoms. The molecule has 0 fully saturated rings. The van der Waals surface area contributed by atoms with Gasteiger partial charge in [0.25, 0.3) is 0 Å². The number of para-hydroxylation sites is 1. The molecule has 2 N–H and O–H groups in total. The van der Waals surface area contributed by atoms with Crippen LogP contribution in [0.15, 0.2) is 24.3 Å². The van der Waals surface area contributed by atoms with Crippen LogP contribution in [0, 0.1) is 0 Å². The average molecular weight is 274 g/mol. The molecule has 2 rings (SSSR count). The van der Waals surface area contributed by atoms with Gasteiger partial charge in [-0.15, -0.1) is 0 Å². The van der Waals surface area contributed by atoms with E-state index in [-0.39, 0.29) is 5.97 Å². The Kier molecular flexibility index (Phi) is 4.47. The van der Waals surface area contributed by atoms with Crippen LogP contribution in [0.5, 0.6) is 0 Å². The molecule has 0 radical (unpaired) electrons. The van der Waals surface area contributed by atoms with Crippen LogP contribution in [0.1, 0.15) is 12.2 Å². The third-order valence-corrected chi connectivity index (χ3v) is 3.02. The molecule has 0 unspecified atom stereocenters. The normalized spacial score (nSPS) is 10.9. The van der Waals surface area contributed by atoms with Crippen molar-refractivity contribution in [3.05, 3.63) is 30.1 Å². The average Bonchev–Trinajstić information content (AvgIpc) is 2.44. The van der Waals surface area contributed by atoms with Crippen molar-refractivity contribution >= 4 is 22.7 Å². The van der Waals surface area contributed by atoms with Gasteiger partial charge >= 0.3 is 5.97 Å². The largest absolute Gasteiger partial charge is 0.469 e. The molecule has 0 aliphatic rings. The fraction of sp³-hybridized carbons (Fsp3) is 0.357. The van der Waals surface area contributed by atoms with Crippen molar-refractivity contribution in [1.29, 1.82) is 0 Å². The van der Waals surface area contributed by atoms with Crippen LogP contribution in [-0.2, 0) is 16.1 Å². The number of nitrogens with zero attached hydrogens (tertiary/aromatic N) is 3. The molecule has 1 heterocycles. The summed E-state index contributed by atoms with van der Waals surface area (Å²) in [6, 6.07) is 7.63. The van der Waals surface area contributed by atoms with Gasteiger partial charge in [-0.2, -0.15) is 0 Å². The third-order valence-electron chi connectivity index (χ3n) is 3.02. The van der Waals surface area contributed by atoms with E-state index in [4.69, 9.17) is 5.73 Å². The highest BCUT2D eigenvalue weighted by Crippen LogP contribution is 2.17. The number of hydrogen-bond donors (Lipinski definition) is 1. The lowest BCUT2D eigenvalue weighted by atomic mass is 10.2. The zero-order chi connectivity index (χ0) is 14.5. The molecule has 6 heteroatoms. The Hall–Kier alpha value is -2.21. The standard InChI is InChI=1S/C14H18N4O2/c1-18(8-7-13(19)20-2)9-12-16-11-6-4-3-5-10(11)14(15)17-12/h3-6H,7-9H2,1-2H3,(H2,15,16,17). The minimum atomic E-state index is -0.226. The number of methoxy groups -OCH3 is 1. The van der Waals surface area contributed by atoms with E-state index in [1.165, 1.54) is 7.11 Å². The van der Waals surface area contributed by atoms with Crippen molar-refractivity contribution < 1.29 is 9.53 Å². The SMILES string of the molecule is COC(=O)CCN(C)Cc1nc(N)c2ccccc2n1. The number of benzene rings is 1. The topological polar surface area (TPSA) is 81.3 Å². The molecule has 0 amide bonds. The van der Waals surface area contributed by atoms with Crippen LogP contribution < -0.4 is 5.73 Å². The molecule has 1 aromatic heterocycles. The van der Waals surface area contributed by atoms with Gasteiger partial charge in [0.2, 0.25) is 0 Å². The maximum atomic E-state index is 11.1. The number of rotatable bonds is 5. The highest BCUT2D eigenvalue weighted by Gasteiger charge is 2.09. The van der Waals surface area contributed by atoms with Gasteiger partial charge in [0.1, 0.15) is 11.6 Å². The maximum absolute atomic E-state index is 11.1. The monoisotopic (exact) mass is 274 g/mol. The molecular weight excluding hydrogens is 256 g/mol. The third kappa shape index (κ3) is 3.42. The molecule has 0 aliphatic heterocycles. The van der Waals surface area contributed by atoms with Crippen molar-refractivity contribution in [2.45, 2.75) is 13.0 Å². The number of ether oxygens (including phenoxy) is 1. The molecule has 1 aromatic carbocycles. The Balaban J connectivity index is 2.08. The Morgan fingerprint density at radius 3 is 2.85 bits per heavy atom. The molecule has 6 nitrogen and oxygen atoms in total. The first-order valence-electron chi connectivity index (χ1n) is 6.36. The first-order chi connectivity index (χ1) is 9.60. The summed E-state index contributed by atoms with van der Waals surface area (Å²) in [6.45, 7) is 1.12. The van der Waals surface area contributed by atoms with Crippen LogP contribution >= 0.6 is 0 Å².